The first-order chi connectivity index (χ1) is 33.1. The van der Waals surface area contributed by atoms with Crippen LogP contribution in [-0.2, 0) is 27.5 Å². The number of nitrogens with one attached hydrogen (secondary N) is 2. The number of amides is 3. The van der Waals surface area contributed by atoms with Crippen molar-refractivity contribution < 1.29 is 38.5 Å². The number of rotatable bonds is 18. The fourth-order valence-electron chi connectivity index (χ4n) is 8.71. The van der Waals surface area contributed by atoms with E-state index in [0.29, 0.717) is 42.5 Å². The number of likely N-dealkylation sites (tertiary alicyclic amines) is 1. The molecule has 69 heavy (non-hydrogen) atoms. The van der Waals surface area contributed by atoms with E-state index in [9.17, 15) is 29.0 Å². The summed E-state index contributed by atoms with van der Waals surface area (Å²) in [6.45, 7) is 12.2. The number of benzene rings is 3. The van der Waals surface area contributed by atoms with Crippen molar-refractivity contribution in [1.29, 1.82) is 0 Å². The first-order valence-electron chi connectivity index (χ1n) is 23.6. The molecule has 2 aromatic heterocycles. The molecule has 366 valence electrons. The summed E-state index contributed by atoms with van der Waals surface area (Å²) in [6, 6.07) is 20.9. The zero-order valence-corrected chi connectivity index (χ0v) is 40.4. The summed E-state index contributed by atoms with van der Waals surface area (Å²) in [4.78, 5) is 51.8. The van der Waals surface area contributed by atoms with Crippen LogP contribution in [0.5, 0.6) is 17.2 Å². The maximum Gasteiger partial charge on any atom is 0.258 e. The number of hydrogen-bond acceptors (Lipinski definition) is 14. The van der Waals surface area contributed by atoms with Crippen LogP contribution in [0.1, 0.15) is 69.7 Å². The van der Waals surface area contributed by atoms with Gasteiger partial charge in [-0.1, -0.05) is 57.2 Å². The zero-order chi connectivity index (χ0) is 48.9. The minimum Gasteiger partial charge on any atom is -0.507 e. The normalized spacial score (nSPS) is 18.4. The number of unbranched alkanes of at least 4 members (excludes halogenated alkanes) is 1. The van der Waals surface area contributed by atoms with Crippen LogP contribution in [0.3, 0.4) is 0 Å². The number of aromatic hydroxyl groups is 1. The van der Waals surface area contributed by atoms with Gasteiger partial charge in [0.2, 0.25) is 11.8 Å². The van der Waals surface area contributed by atoms with Crippen molar-refractivity contribution in [2.24, 2.45) is 5.41 Å². The first-order valence-corrected chi connectivity index (χ1v) is 24.5. The van der Waals surface area contributed by atoms with Crippen LogP contribution in [0.15, 0.2) is 78.3 Å². The number of aliphatic hydroxyl groups excluding tert-OH is 1. The van der Waals surface area contributed by atoms with Gasteiger partial charge >= 0.3 is 0 Å². The Kier molecular flexibility index (Phi) is 15.0. The summed E-state index contributed by atoms with van der Waals surface area (Å²) in [5, 5.41) is 34.9. The van der Waals surface area contributed by atoms with Gasteiger partial charge < -0.3 is 45.9 Å². The number of aryl methyl sites for hydroxylation is 1. The van der Waals surface area contributed by atoms with Crippen molar-refractivity contribution in [2.75, 3.05) is 56.6 Å². The third kappa shape index (κ3) is 11.9. The summed E-state index contributed by atoms with van der Waals surface area (Å²) in [7, 11) is 0. The molecule has 3 amide bonds. The van der Waals surface area contributed by atoms with Crippen molar-refractivity contribution in [2.45, 2.75) is 96.7 Å². The van der Waals surface area contributed by atoms with Gasteiger partial charge in [-0.3, -0.25) is 19.3 Å². The Labute approximate surface area is 406 Å². The summed E-state index contributed by atoms with van der Waals surface area (Å²) < 4.78 is 27.1. The lowest BCUT2D eigenvalue weighted by molar-refractivity contribution is -0.145. The highest BCUT2D eigenvalue weighted by Crippen LogP contribution is 2.41. The van der Waals surface area contributed by atoms with E-state index in [1.54, 1.807) is 38.4 Å². The number of alkyl halides is 1. The van der Waals surface area contributed by atoms with Gasteiger partial charge in [-0.05, 0) is 85.5 Å². The summed E-state index contributed by atoms with van der Waals surface area (Å²) in [6.07, 6.45) is 0.761. The summed E-state index contributed by atoms with van der Waals surface area (Å²) in [5.41, 5.74) is 11.1. The number of halogens is 1. The lowest BCUT2D eigenvalue weighted by atomic mass is 9.85. The molecule has 0 unspecified atom stereocenters. The van der Waals surface area contributed by atoms with Crippen molar-refractivity contribution in [3.63, 3.8) is 0 Å². The molecule has 0 radical (unpaired) electrons. The second-order valence-corrected chi connectivity index (χ2v) is 20.1. The van der Waals surface area contributed by atoms with E-state index in [-0.39, 0.29) is 38.1 Å². The van der Waals surface area contributed by atoms with E-state index >= 15 is 0 Å². The highest BCUT2D eigenvalue weighted by atomic mass is 32.1. The van der Waals surface area contributed by atoms with Gasteiger partial charge in [0.15, 0.2) is 11.5 Å². The highest BCUT2D eigenvalue weighted by molar-refractivity contribution is 7.13. The molecule has 1 saturated carbocycles. The number of piperazine rings is 1. The van der Waals surface area contributed by atoms with Gasteiger partial charge in [-0.2, -0.15) is 0 Å². The number of carbonyl (C=O) groups is 3. The molecule has 4 heterocycles. The molecule has 5 aromatic rings. The number of nitrogens with two attached hydrogens (primary N) is 1. The van der Waals surface area contributed by atoms with Crippen LogP contribution in [0.25, 0.3) is 21.7 Å². The standard InChI is InChI=1S/C51H62FN9O7S/c1-32-44(69-31-55-32)34-13-14-35(28-54-47(64)41-26-36(62)30-61(41)48(65)45(50(2,3)4)56-49(66)51(52)17-18-51)43(25-34)68-24-8-7-23-67-37-15-11-33(12-16-37)29-59-19-21-60(22-20-59)40-27-39(57-58-46(40)53)38-9-5-6-10-42(38)63/h5-6,9-16,25,27,31,36,41,45,62-63H,7-8,17-24,26,28-30H2,1-4H3,(H2,53,58)(H,54,64)(H,56,66)/t36-,41+,45-/m1/s1. The van der Waals surface area contributed by atoms with E-state index < -0.39 is 47.0 Å². The maximum absolute atomic E-state index is 14.6. The van der Waals surface area contributed by atoms with Crippen LogP contribution in [-0.4, -0.2) is 123 Å². The van der Waals surface area contributed by atoms with E-state index in [2.05, 4.69) is 47.7 Å². The molecule has 3 fully saturated rings. The van der Waals surface area contributed by atoms with Crippen LogP contribution in [0.2, 0.25) is 0 Å². The number of phenols is 1. The second kappa shape index (κ2) is 21.1. The molecule has 16 nitrogen and oxygen atoms in total. The van der Waals surface area contributed by atoms with Gasteiger partial charge in [0, 0.05) is 63.4 Å². The average Bonchev–Trinajstić information content (AvgIpc) is 3.74. The van der Waals surface area contributed by atoms with E-state index in [1.807, 2.05) is 55.5 Å². The lowest BCUT2D eigenvalue weighted by Gasteiger charge is -2.36. The van der Waals surface area contributed by atoms with E-state index in [4.69, 9.17) is 15.2 Å². The molecule has 3 aliphatic rings. The number of phenolic OH excluding ortho intramolecular Hbond substituents is 1. The highest BCUT2D eigenvalue weighted by Gasteiger charge is 2.53. The fraction of sp³-hybridized carbons (Fsp3) is 0.451. The topological polar surface area (TPSA) is 209 Å². The molecule has 3 atom stereocenters. The number of nitrogens with zero attached hydrogens (tertiary/aromatic N) is 6. The number of thiazole rings is 1. The molecule has 1 aliphatic carbocycles. The molecular formula is C51H62FN9O7S. The monoisotopic (exact) mass is 963 g/mol. The Morgan fingerprint density at radius 3 is 2.38 bits per heavy atom. The van der Waals surface area contributed by atoms with Gasteiger partial charge in [-0.15, -0.1) is 21.5 Å². The number of anilines is 2. The van der Waals surface area contributed by atoms with Gasteiger partial charge in [-0.25, -0.2) is 9.37 Å². The smallest absolute Gasteiger partial charge is 0.258 e. The predicted molar refractivity (Wildman–Crippen MR) is 262 cm³/mol. The Morgan fingerprint density at radius 1 is 0.971 bits per heavy atom. The maximum atomic E-state index is 14.6. The van der Waals surface area contributed by atoms with Crippen molar-refractivity contribution in [3.05, 3.63) is 95.1 Å². The van der Waals surface area contributed by atoms with Crippen molar-refractivity contribution >= 4 is 40.6 Å². The van der Waals surface area contributed by atoms with Gasteiger partial charge in [0.25, 0.3) is 5.91 Å². The average molecular weight is 964 g/mol. The SMILES string of the molecule is Cc1ncsc1-c1ccc(CNC(=O)[C@@H]2C[C@@H](O)CN2C(=O)[C@@H](NC(=O)C2(F)CC2)C(C)(C)C)c(OCCCCOc2ccc(CN3CCN(c4cc(-c5ccccc5O)nnc4N)CC3)cc2)c1. The summed E-state index contributed by atoms with van der Waals surface area (Å²) in [5.74, 6) is 0.0818. The Hall–Kier alpha value is -6.37. The molecular weight excluding hydrogens is 902 g/mol. The van der Waals surface area contributed by atoms with Crippen LogP contribution in [0.4, 0.5) is 15.9 Å². The molecule has 2 saturated heterocycles. The quantitative estimate of drug-likeness (QED) is 0.0637. The number of aliphatic hydroxyl groups is 1. The first kappa shape index (κ1) is 49.1. The number of β-amino-alcohol motifs (C(OH)–C–C–N with tert-alkyl or cyclic N) is 1. The summed E-state index contributed by atoms with van der Waals surface area (Å²) >= 11 is 1.53. The number of carbonyl (C=O) groups excluding carboxylic acids is 3. The molecule has 3 aromatic carbocycles. The number of nitrogen functional groups attached to an aromatic ring is 1. The zero-order valence-electron chi connectivity index (χ0n) is 39.6. The molecule has 0 bridgehead atoms. The Morgan fingerprint density at radius 2 is 1.70 bits per heavy atom. The van der Waals surface area contributed by atoms with Crippen molar-refractivity contribution in [1.82, 2.24) is 35.6 Å². The number of para-hydroxylation sites is 1. The molecule has 0 spiro atoms. The van der Waals surface area contributed by atoms with E-state index in [1.165, 1.54) is 21.8 Å². The largest absolute Gasteiger partial charge is 0.507 e. The molecule has 8 rings (SSSR count). The molecule has 18 heteroatoms. The third-order valence-corrected chi connectivity index (χ3v) is 13.9. The van der Waals surface area contributed by atoms with Crippen LogP contribution < -0.4 is 30.7 Å². The van der Waals surface area contributed by atoms with Gasteiger partial charge in [0.1, 0.15) is 29.3 Å². The van der Waals surface area contributed by atoms with Crippen LogP contribution in [0, 0.1) is 12.3 Å². The van der Waals surface area contributed by atoms with Crippen molar-refractivity contribution in [3.8, 4) is 38.9 Å². The molecule has 6 N–H and O–H groups in total. The lowest BCUT2D eigenvalue weighted by Crippen LogP contribution is -2.59. The van der Waals surface area contributed by atoms with Gasteiger partial charge in [0.05, 0.1) is 46.8 Å². The number of hydrogen-bond donors (Lipinski definition) is 5. The minimum atomic E-state index is -1.97. The Bertz CT molecular complexity index is 2610. The van der Waals surface area contributed by atoms with Crippen LogP contribution >= 0.6 is 11.3 Å². The predicted octanol–water partition coefficient (Wildman–Crippen LogP) is 6.03. The fourth-order valence-corrected chi connectivity index (χ4v) is 9.51. The number of aromatic nitrogens is 3. The number of ether oxygens (including phenoxy) is 2. The molecule has 2 aliphatic heterocycles. The third-order valence-electron chi connectivity index (χ3n) is 13.0. The Balaban J connectivity index is 0.808. The van der Waals surface area contributed by atoms with E-state index in [0.717, 1.165) is 72.3 Å². The minimum absolute atomic E-state index is 0.0286. The second-order valence-electron chi connectivity index (χ2n) is 19.3.